The van der Waals surface area contributed by atoms with Gasteiger partial charge in [0, 0.05) is 31.3 Å². The van der Waals surface area contributed by atoms with Gasteiger partial charge in [-0.1, -0.05) is 6.92 Å². The summed E-state index contributed by atoms with van der Waals surface area (Å²) < 4.78 is 16.8. The second-order valence-corrected chi connectivity index (χ2v) is 5.08. The largest absolute Gasteiger partial charge is 0.493 e. The van der Waals surface area contributed by atoms with E-state index in [0.29, 0.717) is 19.0 Å². The van der Waals surface area contributed by atoms with E-state index in [-0.39, 0.29) is 6.61 Å². The Morgan fingerprint density at radius 1 is 1.19 bits per heavy atom. The number of rotatable bonds is 8. The molecule has 1 aliphatic heterocycles. The molecule has 1 fully saturated rings. The van der Waals surface area contributed by atoms with Gasteiger partial charge >= 0.3 is 0 Å². The van der Waals surface area contributed by atoms with Gasteiger partial charge in [0.2, 0.25) is 0 Å². The van der Waals surface area contributed by atoms with E-state index < -0.39 is 0 Å². The van der Waals surface area contributed by atoms with Crippen LogP contribution in [0.4, 0.5) is 0 Å². The highest BCUT2D eigenvalue weighted by Crippen LogP contribution is 2.25. The van der Waals surface area contributed by atoms with E-state index >= 15 is 0 Å². The van der Waals surface area contributed by atoms with Crippen LogP contribution >= 0.6 is 0 Å². The fourth-order valence-corrected chi connectivity index (χ4v) is 2.22. The maximum Gasteiger partial charge on any atom is 0.128 e. The van der Waals surface area contributed by atoms with E-state index in [1.807, 2.05) is 18.2 Å². The van der Waals surface area contributed by atoms with Crippen molar-refractivity contribution in [3.8, 4) is 11.5 Å². The zero-order valence-electron chi connectivity index (χ0n) is 12.7. The monoisotopic (exact) mass is 295 g/mol. The van der Waals surface area contributed by atoms with E-state index in [9.17, 15) is 5.11 Å². The van der Waals surface area contributed by atoms with Crippen LogP contribution in [0.5, 0.6) is 11.5 Å². The van der Waals surface area contributed by atoms with Crippen molar-refractivity contribution in [3.63, 3.8) is 0 Å². The van der Waals surface area contributed by atoms with E-state index in [4.69, 9.17) is 14.2 Å². The van der Waals surface area contributed by atoms with Gasteiger partial charge < -0.3 is 19.3 Å². The average Bonchev–Trinajstić information content (AvgIpc) is 2.54. The Morgan fingerprint density at radius 3 is 2.71 bits per heavy atom. The fraction of sp³-hybridized carbons (Fsp3) is 0.625. The number of aliphatic hydroxyl groups is 1. The average molecular weight is 295 g/mol. The number of hydrogen-bond acceptors (Lipinski definition) is 5. The van der Waals surface area contributed by atoms with Crippen molar-refractivity contribution < 1.29 is 19.3 Å². The summed E-state index contributed by atoms with van der Waals surface area (Å²) in [7, 11) is 0. The molecular formula is C16H25NO4. The molecule has 0 amide bonds. The molecule has 0 radical (unpaired) electrons. The maximum absolute atomic E-state index is 9.39. The van der Waals surface area contributed by atoms with Gasteiger partial charge in [0.15, 0.2) is 0 Å². The number of benzene rings is 1. The Kier molecular flexibility index (Phi) is 6.79. The lowest BCUT2D eigenvalue weighted by Crippen LogP contribution is -2.38. The van der Waals surface area contributed by atoms with E-state index in [0.717, 1.165) is 50.6 Å². The Labute approximate surface area is 126 Å². The normalized spacial score (nSPS) is 15.9. The van der Waals surface area contributed by atoms with E-state index in [1.165, 1.54) is 0 Å². The second kappa shape index (κ2) is 8.87. The Hall–Kier alpha value is -1.30. The minimum absolute atomic E-state index is 0.0268. The number of hydrogen-bond donors (Lipinski definition) is 1. The first-order chi connectivity index (χ1) is 10.3. The van der Waals surface area contributed by atoms with Crippen LogP contribution in [0.15, 0.2) is 18.2 Å². The van der Waals surface area contributed by atoms with Crippen molar-refractivity contribution in [1.29, 1.82) is 0 Å². The van der Waals surface area contributed by atoms with Crippen LogP contribution < -0.4 is 9.47 Å². The molecule has 1 aromatic rings. The predicted molar refractivity (Wildman–Crippen MR) is 80.9 cm³/mol. The molecule has 0 unspecified atom stereocenters. The van der Waals surface area contributed by atoms with Crippen LogP contribution in [0.3, 0.4) is 0 Å². The molecule has 0 saturated carbocycles. The van der Waals surface area contributed by atoms with Gasteiger partial charge in [-0.15, -0.1) is 0 Å². The molecule has 0 spiro atoms. The first-order valence-corrected chi connectivity index (χ1v) is 7.63. The third-order valence-corrected chi connectivity index (χ3v) is 3.45. The molecular weight excluding hydrogens is 270 g/mol. The van der Waals surface area contributed by atoms with Crippen LogP contribution in [0, 0.1) is 0 Å². The standard InChI is InChI=1S/C16H25NO4/c1-2-8-20-15-4-3-14(13-18)16(12-15)21-11-7-17-5-9-19-10-6-17/h3-4,12,18H,2,5-11,13H2,1H3. The number of aliphatic hydroxyl groups excluding tert-OH is 1. The Balaban J connectivity index is 1.87. The second-order valence-electron chi connectivity index (χ2n) is 5.08. The number of ether oxygens (including phenoxy) is 3. The predicted octanol–water partition coefficient (Wildman–Crippen LogP) is 1.68. The fourth-order valence-electron chi connectivity index (χ4n) is 2.22. The lowest BCUT2D eigenvalue weighted by Gasteiger charge is -2.26. The highest BCUT2D eigenvalue weighted by molar-refractivity contribution is 5.40. The maximum atomic E-state index is 9.39. The molecule has 0 aliphatic carbocycles. The molecule has 2 rings (SSSR count). The summed E-state index contributed by atoms with van der Waals surface area (Å²) in [6, 6.07) is 5.59. The molecule has 5 heteroatoms. The molecule has 0 atom stereocenters. The summed E-state index contributed by atoms with van der Waals surface area (Å²) in [5.41, 5.74) is 0.792. The molecule has 21 heavy (non-hydrogen) atoms. The van der Waals surface area contributed by atoms with Crippen LogP contribution in [-0.4, -0.2) is 56.1 Å². The van der Waals surface area contributed by atoms with Crippen molar-refractivity contribution in [2.24, 2.45) is 0 Å². The van der Waals surface area contributed by atoms with Gasteiger partial charge in [0.25, 0.3) is 0 Å². The highest BCUT2D eigenvalue weighted by Gasteiger charge is 2.11. The van der Waals surface area contributed by atoms with E-state index in [2.05, 4.69) is 11.8 Å². The summed E-state index contributed by atoms with van der Waals surface area (Å²) in [5, 5.41) is 9.39. The molecule has 0 bridgehead atoms. The zero-order chi connectivity index (χ0) is 14.9. The van der Waals surface area contributed by atoms with Gasteiger partial charge in [0.1, 0.15) is 18.1 Å². The van der Waals surface area contributed by atoms with Gasteiger partial charge in [-0.3, -0.25) is 4.90 Å². The summed E-state index contributed by atoms with van der Waals surface area (Å²) in [5.74, 6) is 1.50. The first kappa shape index (κ1) is 16.1. The van der Waals surface area contributed by atoms with Gasteiger partial charge in [-0.25, -0.2) is 0 Å². The van der Waals surface area contributed by atoms with Gasteiger partial charge in [0.05, 0.1) is 26.4 Å². The van der Waals surface area contributed by atoms with Crippen molar-refractivity contribution in [2.75, 3.05) is 46.1 Å². The zero-order valence-corrected chi connectivity index (χ0v) is 12.7. The third-order valence-electron chi connectivity index (χ3n) is 3.45. The number of morpholine rings is 1. The molecule has 1 aromatic carbocycles. The minimum Gasteiger partial charge on any atom is -0.493 e. The first-order valence-electron chi connectivity index (χ1n) is 7.63. The van der Waals surface area contributed by atoms with Crippen LogP contribution in [0.2, 0.25) is 0 Å². The Bertz CT molecular complexity index is 419. The van der Waals surface area contributed by atoms with Crippen molar-refractivity contribution in [1.82, 2.24) is 4.90 Å². The van der Waals surface area contributed by atoms with Crippen LogP contribution in [0.25, 0.3) is 0 Å². The SMILES string of the molecule is CCCOc1ccc(CO)c(OCCN2CCOCC2)c1. The summed E-state index contributed by atoms with van der Waals surface area (Å²) >= 11 is 0. The molecule has 118 valence electrons. The Morgan fingerprint density at radius 2 is 2.00 bits per heavy atom. The summed E-state index contributed by atoms with van der Waals surface area (Å²) in [6.07, 6.45) is 0.967. The highest BCUT2D eigenvalue weighted by atomic mass is 16.5. The summed E-state index contributed by atoms with van der Waals surface area (Å²) in [6.45, 7) is 7.70. The summed E-state index contributed by atoms with van der Waals surface area (Å²) in [4.78, 5) is 2.32. The smallest absolute Gasteiger partial charge is 0.128 e. The van der Waals surface area contributed by atoms with Gasteiger partial charge in [-0.2, -0.15) is 0 Å². The van der Waals surface area contributed by atoms with Crippen molar-refractivity contribution in [3.05, 3.63) is 23.8 Å². The molecule has 1 heterocycles. The lowest BCUT2D eigenvalue weighted by atomic mass is 10.2. The topological polar surface area (TPSA) is 51.2 Å². The van der Waals surface area contributed by atoms with Crippen LogP contribution in [0.1, 0.15) is 18.9 Å². The third kappa shape index (κ3) is 5.19. The van der Waals surface area contributed by atoms with Crippen LogP contribution in [-0.2, 0) is 11.3 Å². The van der Waals surface area contributed by atoms with Crippen molar-refractivity contribution >= 4 is 0 Å². The quantitative estimate of drug-likeness (QED) is 0.791. The minimum atomic E-state index is -0.0268. The molecule has 1 aliphatic rings. The molecule has 1 saturated heterocycles. The number of nitrogens with zero attached hydrogens (tertiary/aromatic N) is 1. The molecule has 1 N–H and O–H groups in total. The van der Waals surface area contributed by atoms with E-state index in [1.54, 1.807) is 0 Å². The lowest BCUT2D eigenvalue weighted by molar-refractivity contribution is 0.0321. The van der Waals surface area contributed by atoms with Crippen molar-refractivity contribution in [2.45, 2.75) is 20.0 Å². The molecule has 5 nitrogen and oxygen atoms in total. The van der Waals surface area contributed by atoms with Gasteiger partial charge in [-0.05, 0) is 18.6 Å². The molecule has 0 aromatic heterocycles.